The van der Waals surface area contributed by atoms with Crippen LogP contribution in [0.5, 0.6) is 0 Å². The molecule has 2 rings (SSSR count). The third-order valence-corrected chi connectivity index (χ3v) is 4.81. The zero-order valence-electron chi connectivity index (χ0n) is 15.8. The Hall–Kier alpha value is -2.08. The van der Waals surface area contributed by atoms with Crippen LogP contribution in [0.25, 0.3) is 0 Å². The van der Waals surface area contributed by atoms with Crippen molar-refractivity contribution in [2.45, 2.75) is 45.3 Å². The summed E-state index contributed by atoms with van der Waals surface area (Å²) < 4.78 is 10.1. The smallest absolute Gasteiger partial charge is 0.408 e. The quantitative estimate of drug-likeness (QED) is 0.720. The molecule has 0 aromatic heterocycles. The van der Waals surface area contributed by atoms with Crippen molar-refractivity contribution in [3.8, 4) is 0 Å². The van der Waals surface area contributed by atoms with E-state index in [1.807, 2.05) is 30.3 Å². The zero-order chi connectivity index (χ0) is 18.8. The number of piperidine rings is 1. The number of alkyl carbamates (subject to hydrolysis) is 1. The summed E-state index contributed by atoms with van der Waals surface area (Å²) in [4.78, 5) is 26.6. The van der Waals surface area contributed by atoms with Crippen LogP contribution in [-0.4, -0.2) is 49.7 Å². The van der Waals surface area contributed by atoms with Gasteiger partial charge in [-0.1, -0.05) is 37.3 Å². The molecule has 1 fully saturated rings. The van der Waals surface area contributed by atoms with E-state index in [0.717, 1.165) is 44.5 Å². The lowest BCUT2D eigenvalue weighted by molar-refractivity contribution is -0.143. The van der Waals surface area contributed by atoms with E-state index >= 15 is 0 Å². The summed E-state index contributed by atoms with van der Waals surface area (Å²) in [7, 11) is 1.34. The van der Waals surface area contributed by atoms with Gasteiger partial charge in [-0.25, -0.2) is 9.59 Å². The number of nitrogens with zero attached hydrogens (tertiary/aromatic N) is 1. The van der Waals surface area contributed by atoms with Crippen molar-refractivity contribution in [3.63, 3.8) is 0 Å². The molecule has 1 aliphatic heterocycles. The van der Waals surface area contributed by atoms with Crippen LogP contribution in [0, 0.1) is 5.92 Å². The number of esters is 1. The number of methoxy groups -OCH3 is 1. The lowest BCUT2D eigenvalue weighted by Gasteiger charge is -2.33. The molecule has 1 atom stereocenters. The van der Waals surface area contributed by atoms with Gasteiger partial charge in [-0.3, -0.25) is 0 Å². The van der Waals surface area contributed by atoms with Crippen molar-refractivity contribution in [1.29, 1.82) is 0 Å². The standard InChI is InChI=1S/C20H30N2O4/c1-3-11-22-12-9-16(10-13-22)14-18(19(23)25-2)21-20(24)26-15-17-7-5-4-6-8-17/h4-8,16,18H,3,9-15H2,1-2H3,(H,21,24)/t18-/m0/s1. The number of nitrogens with one attached hydrogen (secondary N) is 1. The lowest BCUT2D eigenvalue weighted by atomic mass is 9.90. The molecule has 0 unspecified atom stereocenters. The van der Waals surface area contributed by atoms with Crippen LogP contribution in [0.4, 0.5) is 4.79 Å². The Morgan fingerprint density at radius 2 is 1.92 bits per heavy atom. The lowest BCUT2D eigenvalue weighted by Crippen LogP contribution is -2.44. The molecule has 0 bridgehead atoms. The Labute approximate surface area is 155 Å². The van der Waals surface area contributed by atoms with Crippen molar-refractivity contribution in [2.75, 3.05) is 26.7 Å². The molecule has 6 heteroatoms. The number of ether oxygens (including phenoxy) is 2. The summed E-state index contributed by atoms with van der Waals surface area (Å²) in [6.07, 6.45) is 3.23. The molecule has 1 saturated heterocycles. The summed E-state index contributed by atoms with van der Waals surface area (Å²) in [5.41, 5.74) is 0.903. The van der Waals surface area contributed by atoms with Gasteiger partial charge in [0.2, 0.25) is 0 Å². The van der Waals surface area contributed by atoms with Crippen LogP contribution < -0.4 is 5.32 Å². The monoisotopic (exact) mass is 362 g/mol. The number of amides is 1. The topological polar surface area (TPSA) is 67.9 Å². The van der Waals surface area contributed by atoms with E-state index in [-0.39, 0.29) is 6.61 Å². The number of hydrogen-bond acceptors (Lipinski definition) is 5. The van der Waals surface area contributed by atoms with Gasteiger partial charge in [-0.15, -0.1) is 0 Å². The average molecular weight is 362 g/mol. The van der Waals surface area contributed by atoms with E-state index in [2.05, 4.69) is 17.1 Å². The maximum absolute atomic E-state index is 12.1. The molecule has 1 heterocycles. The van der Waals surface area contributed by atoms with Gasteiger partial charge in [0, 0.05) is 0 Å². The number of likely N-dealkylation sites (tertiary alicyclic amines) is 1. The van der Waals surface area contributed by atoms with E-state index in [9.17, 15) is 9.59 Å². The first kappa shape index (κ1) is 20.2. The zero-order valence-corrected chi connectivity index (χ0v) is 15.8. The molecule has 144 valence electrons. The first-order chi connectivity index (χ1) is 12.6. The molecular weight excluding hydrogens is 332 g/mol. The van der Waals surface area contributed by atoms with Gasteiger partial charge < -0.3 is 19.7 Å². The van der Waals surface area contributed by atoms with Crippen LogP contribution in [-0.2, 0) is 20.9 Å². The van der Waals surface area contributed by atoms with E-state index in [1.165, 1.54) is 7.11 Å². The number of carbonyl (C=O) groups is 2. The summed E-state index contributed by atoms with van der Waals surface area (Å²) in [6.45, 7) is 5.58. The minimum absolute atomic E-state index is 0.177. The highest BCUT2D eigenvalue weighted by Crippen LogP contribution is 2.22. The van der Waals surface area contributed by atoms with Crippen LogP contribution in [0.3, 0.4) is 0 Å². The normalized spacial score (nSPS) is 16.7. The molecular formula is C20H30N2O4. The minimum Gasteiger partial charge on any atom is -0.467 e. The van der Waals surface area contributed by atoms with Crippen LogP contribution >= 0.6 is 0 Å². The van der Waals surface area contributed by atoms with Crippen molar-refractivity contribution < 1.29 is 19.1 Å². The summed E-state index contributed by atoms with van der Waals surface area (Å²) in [5.74, 6) is -0.0146. The Kier molecular flexibility index (Phi) is 8.41. The largest absolute Gasteiger partial charge is 0.467 e. The van der Waals surface area contributed by atoms with Gasteiger partial charge in [-0.05, 0) is 56.8 Å². The van der Waals surface area contributed by atoms with Crippen molar-refractivity contribution in [3.05, 3.63) is 35.9 Å². The summed E-state index contributed by atoms with van der Waals surface area (Å²) >= 11 is 0. The fraction of sp³-hybridized carbons (Fsp3) is 0.600. The number of hydrogen-bond donors (Lipinski definition) is 1. The first-order valence-corrected chi connectivity index (χ1v) is 9.39. The van der Waals surface area contributed by atoms with E-state index in [4.69, 9.17) is 9.47 Å². The third kappa shape index (κ3) is 6.67. The molecule has 0 saturated carbocycles. The number of carbonyl (C=O) groups excluding carboxylic acids is 2. The summed E-state index contributed by atoms with van der Waals surface area (Å²) in [5, 5.41) is 2.67. The highest BCUT2D eigenvalue weighted by molar-refractivity contribution is 5.81. The van der Waals surface area contributed by atoms with Crippen LogP contribution in [0.15, 0.2) is 30.3 Å². The molecule has 26 heavy (non-hydrogen) atoms. The SMILES string of the molecule is CCCN1CCC(C[C@H](NC(=O)OCc2ccccc2)C(=O)OC)CC1. The first-order valence-electron chi connectivity index (χ1n) is 9.39. The minimum atomic E-state index is -0.661. The second-order valence-electron chi connectivity index (χ2n) is 6.80. The highest BCUT2D eigenvalue weighted by Gasteiger charge is 2.28. The van der Waals surface area contributed by atoms with Gasteiger partial charge in [0.05, 0.1) is 7.11 Å². The van der Waals surface area contributed by atoms with Crippen molar-refractivity contribution in [1.82, 2.24) is 10.2 Å². The van der Waals surface area contributed by atoms with E-state index in [0.29, 0.717) is 12.3 Å². The predicted octanol–water partition coefficient (Wildman–Crippen LogP) is 2.97. The van der Waals surface area contributed by atoms with Crippen LogP contribution in [0.2, 0.25) is 0 Å². The molecule has 0 aliphatic carbocycles. The molecule has 1 N–H and O–H groups in total. The second kappa shape index (κ2) is 10.8. The van der Waals surface area contributed by atoms with Gasteiger partial charge >= 0.3 is 12.1 Å². The fourth-order valence-electron chi connectivity index (χ4n) is 3.36. The van der Waals surface area contributed by atoms with Gasteiger partial charge in [0.25, 0.3) is 0 Å². The predicted molar refractivity (Wildman–Crippen MR) is 99.6 cm³/mol. The molecule has 1 aromatic carbocycles. The van der Waals surface area contributed by atoms with Gasteiger partial charge in [0.15, 0.2) is 0 Å². The Morgan fingerprint density at radius 3 is 2.54 bits per heavy atom. The number of benzene rings is 1. The van der Waals surface area contributed by atoms with E-state index < -0.39 is 18.1 Å². The molecule has 1 aromatic rings. The molecule has 0 spiro atoms. The fourth-order valence-corrected chi connectivity index (χ4v) is 3.36. The van der Waals surface area contributed by atoms with Crippen LogP contribution in [0.1, 0.15) is 38.2 Å². The van der Waals surface area contributed by atoms with Gasteiger partial charge in [0.1, 0.15) is 12.6 Å². The maximum Gasteiger partial charge on any atom is 0.408 e. The van der Waals surface area contributed by atoms with Gasteiger partial charge in [-0.2, -0.15) is 0 Å². The average Bonchev–Trinajstić information content (AvgIpc) is 2.67. The Balaban J connectivity index is 1.81. The molecule has 6 nitrogen and oxygen atoms in total. The molecule has 1 aliphatic rings. The Bertz CT molecular complexity index is 556. The second-order valence-corrected chi connectivity index (χ2v) is 6.80. The number of rotatable bonds is 8. The maximum atomic E-state index is 12.1. The van der Waals surface area contributed by atoms with Crippen molar-refractivity contribution >= 4 is 12.1 Å². The van der Waals surface area contributed by atoms with E-state index in [1.54, 1.807) is 0 Å². The molecule has 1 amide bonds. The highest BCUT2D eigenvalue weighted by atomic mass is 16.6. The Morgan fingerprint density at radius 1 is 1.23 bits per heavy atom. The summed E-state index contributed by atoms with van der Waals surface area (Å²) in [6, 6.07) is 8.79. The van der Waals surface area contributed by atoms with Crippen molar-refractivity contribution in [2.24, 2.45) is 5.92 Å². The third-order valence-electron chi connectivity index (χ3n) is 4.81. The molecule has 0 radical (unpaired) electrons.